The minimum Gasteiger partial charge on any atom is -0.475 e. The van der Waals surface area contributed by atoms with E-state index in [4.69, 9.17) is 9.52 Å². The van der Waals surface area contributed by atoms with Crippen LogP contribution in [0.3, 0.4) is 0 Å². The Morgan fingerprint density at radius 3 is 2.67 bits per heavy atom. The maximum atomic E-state index is 12.3. The number of aryl methyl sites for hydroxylation is 1. The lowest BCUT2D eigenvalue weighted by molar-refractivity contribution is 0.0644. The molecule has 0 radical (unpaired) electrons. The molecule has 1 aromatic rings. The van der Waals surface area contributed by atoms with Crippen molar-refractivity contribution in [3.8, 4) is 0 Å². The van der Waals surface area contributed by atoms with Crippen LogP contribution in [0.5, 0.6) is 0 Å². The summed E-state index contributed by atoms with van der Waals surface area (Å²) in [5.41, 5.74) is -0.784. The van der Waals surface area contributed by atoms with Crippen molar-refractivity contribution >= 4 is 5.97 Å². The Bertz CT molecular complexity index is 349. The molecule has 0 aliphatic rings. The summed E-state index contributed by atoms with van der Waals surface area (Å²) < 4.78 is 29.4. The average molecular weight is 219 g/mol. The van der Waals surface area contributed by atoms with Gasteiger partial charge in [0.1, 0.15) is 0 Å². The topological polar surface area (TPSA) is 63.3 Å². The smallest absolute Gasteiger partial charge is 0.374 e. The first kappa shape index (κ1) is 11.6. The number of unbranched alkanes of at least 4 members (excludes halogenated alkanes) is 1. The maximum Gasteiger partial charge on any atom is 0.374 e. The number of carbonyl (C=O) groups is 1. The maximum absolute atomic E-state index is 12.3. The summed E-state index contributed by atoms with van der Waals surface area (Å²) in [6.07, 6.45) is -0.962. The summed E-state index contributed by atoms with van der Waals surface area (Å²) in [5, 5.41) is 8.59. The predicted octanol–water partition coefficient (Wildman–Crippen LogP) is 2.65. The summed E-state index contributed by atoms with van der Waals surface area (Å²) in [6, 6.07) is 0. The van der Waals surface area contributed by atoms with Crippen molar-refractivity contribution in [1.82, 2.24) is 4.98 Å². The molecule has 0 amide bonds. The van der Waals surface area contributed by atoms with E-state index in [0.29, 0.717) is 6.42 Å². The number of aromatic carboxylic acids is 1. The molecule has 84 valence electrons. The summed E-state index contributed by atoms with van der Waals surface area (Å²) in [7, 11) is 0. The Balaban J connectivity index is 2.93. The minimum atomic E-state index is -2.92. The molecule has 6 heteroatoms. The lowest BCUT2D eigenvalue weighted by Crippen LogP contribution is -1.99. The molecule has 0 aliphatic carbocycles. The van der Waals surface area contributed by atoms with Crippen LogP contribution >= 0.6 is 0 Å². The molecule has 0 aromatic carbocycles. The first-order chi connectivity index (χ1) is 7.06. The van der Waals surface area contributed by atoms with E-state index in [0.717, 1.165) is 12.8 Å². The van der Waals surface area contributed by atoms with Gasteiger partial charge in [-0.25, -0.2) is 18.6 Å². The first-order valence-corrected chi connectivity index (χ1v) is 4.57. The Labute approximate surface area is 84.9 Å². The number of rotatable bonds is 5. The standard InChI is InChI=1S/C9H11F2NO3/c1-2-3-4-5-12-6(8(10)11)7(15-5)9(13)14/h8H,2-4H2,1H3,(H,13,14). The van der Waals surface area contributed by atoms with Crippen LogP contribution in [0.25, 0.3) is 0 Å². The van der Waals surface area contributed by atoms with Crippen molar-refractivity contribution in [1.29, 1.82) is 0 Å². The van der Waals surface area contributed by atoms with Gasteiger partial charge >= 0.3 is 5.97 Å². The fourth-order valence-electron chi connectivity index (χ4n) is 1.11. The van der Waals surface area contributed by atoms with Gasteiger partial charge in [0, 0.05) is 6.42 Å². The molecule has 15 heavy (non-hydrogen) atoms. The third kappa shape index (κ3) is 2.74. The van der Waals surface area contributed by atoms with Crippen molar-refractivity contribution in [2.24, 2.45) is 0 Å². The van der Waals surface area contributed by atoms with Gasteiger partial charge in [0.2, 0.25) is 5.76 Å². The van der Waals surface area contributed by atoms with E-state index in [-0.39, 0.29) is 5.89 Å². The molecular weight excluding hydrogens is 208 g/mol. The molecule has 0 saturated carbocycles. The highest BCUT2D eigenvalue weighted by molar-refractivity contribution is 5.85. The zero-order chi connectivity index (χ0) is 11.4. The summed E-state index contributed by atoms with van der Waals surface area (Å²) >= 11 is 0. The van der Waals surface area contributed by atoms with Crippen molar-refractivity contribution in [3.63, 3.8) is 0 Å². The second-order valence-electron chi connectivity index (χ2n) is 3.03. The highest BCUT2D eigenvalue weighted by Crippen LogP contribution is 2.23. The van der Waals surface area contributed by atoms with Crippen LogP contribution in [0.1, 0.15) is 48.3 Å². The summed E-state index contributed by atoms with van der Waals surface area (Å²) in [5.74, 6) is -2.21. The first-order valence-electron chi connectivity index (χ1n) is 4.57. The van der Waals surface area contributed by atoms with Crippen LogP contribution in [0.15, 0.2) is 4.42 Å². The Kier molecular flexibility index (Phi) is 3.76. The number of oxazole rings is 1. The molecule has 0 aliphatic heterocycles. The van der Waals surface area contributed by atoms with Gasteiger partial charge in [0.05, 0.1) is 0 Å². The zero-order valence-corrected chi connectivity index (χ0v) is 8.17. The highest BCUT2D eigenvalue weighted by atomic mass is 19.3. The zero-order valence-electron chi connectivity index (χ0n) is 8.17. The molecule has 1 heterocycles. The van der Waals surface area contributed by atoms with Gasteiger partial charge in [-0.2, -0.15) is 0 Å². The van der Waals surface area contributed by atoms with E-state index in [2.05, 4.69) is 4.98 Å². The van der Waals surface area contributed by atoms with E-state index in [1.165, 1.54) is 0 Å². The SMILES string of the molecule is CCCCc1nc(C(F)F)c(C(=O)O)o1. The molecule has 1 rings (SSSR count). The van der Waals surface area contributed by atoms with Crippen LogP contribution in [0, 0.1) is 0 Å². The molecule has 0 saturated heterocycles. The van der Waals surface area contributed by atoms with Crippen molar-refractivity contribution in [3.05, 3.63) is 17.3 Å². The van der Waals surface area contributed by atoms with Gasteiger partial charge < -0.3 is 9.52 Å². The number of carboxylic acids is 1. The van der Waals surface area contributed by atoms with Crippen molar-refractivity contribution in [2.45, 2.75) is 32.6 Å². The molecule has 0 atom stereocenters. The van der Waals surface area contributed by atoms with E-state index >= 15 is 0 Å². The quantitative estimate of drug-likeness (QED) is 0.826. The predicted molar refractivity (Wildman–Crippen MR) is 47.0 cm³/mol. The van der Waals surface area contributed by atoms with E-state index in [1.807, 2.05) is 6.92 Å². The number of hydrogen-bond acceptors (Lipinski definition) is 3. The monoisotopic (exact) mass is 219 g/mol. The fraction of sp³-hybridized carbons (Fsp3) is 0.556. The number of alkyl halides is 2. The molecule has 0 spiro atoms. The average Bonchev–Trinajstić information content (AvgIpc) is 2.58. The van der Waals surface area contributed by atoms with Crippen LogP contribution in [0.2, 0.25) is 0 Å². The molecule has 4 nitrogen and oxygen atoms in total. The molecule has 0 unspecified atom stereocenters. The highest BCUT2D eigenvalue weighted by Gasteiger charge is 2.25. The van der Waals surface area contributed by atoms with Crippen LogP contribution in [-0.4, -0.2) is 16.1 Å². The van der Waals surface area contributed by atoms with Gasteiger partial charge in [-0.15, -0.1) is 0 Å². The van der Waals surface area contributed by atoms with E-state index in [9.17, 15) is 13.6 Å². The normalized spacial score (nSPS) is 10.9. The summed E-state index contributed by atoms with van der Waals surface area (Å²) in [4.78, 5) is 14.0. The van der Waals surface area contributed by atoms with Gasteiger partial charge in [-0.05, 0) is 6.42 Å². The van der Waals surface area contributed by atoms with Crippen molar-refractivity contribution in [2.75, 3.05) is 0 Å². The van der Waals surface area contributed by atoms with E-state index in [1.54, 1.807) is 0 Å². The molecular formula is C9H11F2NO3. The van der Waals surface area contributed by atoms with Gasteiger partial charge in [0.15, 0.2) is 11.6 Å². The second-order valence-corrected chi connectivity index (χ2v) is 3.03. The largest absolute Gasteiger partial charge is 0.475 e. The lowest BCUT2D eigenvalue weighted by Gasteiger charge is -1.91. The van der Waals surface area contributed by atoms with Crippen LogP contribution < -0.4 is 0 Å². The molecule has 0 fully saturated rings. The number of halogens is 2. The van der Waals surface area contributed by atoms with Gasteiger partial charge in [-0.1, -0.05) is 13.3 Å². The minimum absolute atomic E-state index is 0.0598. The lowest BCUT2D eigenvalue weighted by atomic mass is 10.2. The van der Waals surface area contributed by atoms with Gasteiger partial charge in [0.25, 0.3) is 6.43 Å². The third-order valence-electron chi connectivity index (χ3n) is 1.84. The fourth-order valence-corrected chi connectivity index (χ4v) is 1.11. The molecule has 1 N–H and O–H groups in total. The summed E-state index contributed by atoms with van der Waals surface area (Å²) in [6.45, 7) is 1.93. The molecule has 0 bridgehead atoms. The van der Waals surface area contributed by atoms with Crippen LogP contribution in [0.4, 0.5) is 8.78 Å². The second kappa shape index (κ2) is 4.86. The third-order valence-corrected chi connectivity index (χ3v) is 1.84. The molecule has 1 aromatic heterocycles. The van der Waals surface area contributed by atoms with Crippen LogP contribution in [-0.2, 0) is 6.42 Å². The number of aromatic nitrogens is 1. The number of hydrogen-bond donors (Lipinski definition) is 1. The Morgan fingerprint density at radius 1 is 1.60 bits per heavy atom. The van der Waals surface area contributed by atoms with E-state index < -0.39 is 23.8 Å². The Morgan fingerprint density at radius 2 is 2.27 bits per heavy atom. The van der Waals surface area contributed by atoms with Crippen molar-refractivity contribution < 1.29 is 23.1 Å². The number of nitrogens with zero attached hydrogens (tertiary/aromatic N) is 1. The van der Waals surface area contributed by atoms with Gasteiger partial charge in [-0.3, -0.25) is 0 Å². The number of carboxylic acid groups (broad SMARTS) is 1. The Hall–Kier alpha value is -1.46.